The number of nitrogens with zero attached hydrogens (tertiary/aromatic N) is 1. The monoisotopic (exact) mass is 332 g/mol. The fraction of sp³-hybridized carbons (Fsp3) is 0.190. The Labute approximate surface area is 146 Å². The summed E-state index contributed by atoms with van der Waals surface area (Å²) < 4.78 is 0. The topological polar surface area (TPSA) is 66.6 Å². The van der Waals surface area contributed by atoms with Crippen molar-refractivity contribution in [2.24, 2.45) is 5.73 Å². The molecule has 4 rings (SSSR count). The summed E-state index contributed by atoms with van der Waals surface area (Å²) in [6.45, 7) is 1.13. The number of aromatic hydroxyl groups is 1. The number of rotatable bonds is 3. The van der Waals surface area contributed by atoms with Crippen molar-refractivity contribution >= 4 is 16.7 Å². The van der Waals surface area contributed by atoms with Gasteiger partial charge in [0, 0.05) is 18.7 Å². The van der Waals surface area contributed by atoms with Gasteiger partial charge >= 0.3 is 0 Å². The Morgan fingerprint density at radius 2 is 1.76 bits per heavy atom. The van der Waals surface area contributed by atoms with Gasteiger partial charge in [-0.25, -0.2) is 0 Å². The zero-order valence-electron chi connectivity index (χ0n) is 13.9. The fourth-order valence-electron chi connectivity index (χ4n) is 3.72. The van der Waals surface area contributed by atoms with Gasteiger partial charge in [0.15, 0.2) is 0 Å². The van der Waals surface area contributed by atoms with Crippen molar-refractivity contribution in [3.63, 3.8) is 0 Å². The van der Waals surface area contributed by atoms with Gasteiger partial charge in [0.2, 0.25) is 5.91 Å². The van der Waals surface area contributed by atoms with E-state index in [2.05, 4.69) is 17.0 Å². The first-order valence-electron chi connectivity index (χ1n) is 8.43. The van der Waals surface area contributed by atoms with Crippen molar-refractivity contribution in [2.75, 3.05) is 0 Å². The van der Waals surface area contributed by atoms with Crippen LogP contribution in [0.4, 0.5) is 0 Å². The maximum absolute atomic E-state index is 12.0. The van der Waals surface area contributed by atoms with E-state index in [0.717, 1.165) is 16.3 Å². The lowest BCUT2D eigenvalue weighted by atomic mass is 9.92. The molecule has 25 heavy (non-hydrogen) atoms. The molecule has 0 spiro atoms. The minimum absolute atomic E-state index is 0.251. The van der Waals surface area contributed by atoms with E-state index in [1.807, 2.05) is 42.5 Å². The summed E-state index contributed by atoms with van der Waals surface area (Å²) in [4.78, 5) is 14.1. The van der Waals surface area contributed by atoms with Gasteiger partial charge in [0.1, 0.15) is 5.75 Å². The molecule has 3 aromatic carbocycles. The highest BCUT2D eigenvalue weighted by molar-refractivity contribution is 5.88. The number of fused-ring (bicyclic) bond motifs is 2. The molecule has 0 fully saturated rings. The lowest BCUT2D eigenvalue weighted by Crippen LogP contribution is -2.48. The molecular weight excluding hydrogens is 312 g/mol. The van der Waals surface area contributed by atoms with Crippen LogP contribution in [0.3, 0.4) is 0 Å². The molecule has 0 aromatic heterocycles. The first-order chi connectivity index (χ1) is 12.1. The van der Waals surface area contributed by atoms with Crippen LogP contribution in [0.5, 0.6) is 5.75 Å². The van der Waals surface area contributed by atoms with Gasteiger partial charge < -0.3 is 10.8 Å². The third-order valence-electron chi connectivity index (χ3n) is 5.05. The van der Waals surface area contributed by atoms with Crippen molar-refractivity contribution in [2.45, 2.75) is 25.6 Å². The van der Waals surface area contributed by atoms with Crippen LogP contribution < -0.4 is 5.73 Å². The van der Waals surface area contributed by atoms with Gasteiger partial charge in [-0.2, -0.15) is 0 Å². The molecule has 4 nitrogen and oxygen atoms in total. The minimum Gasteiger partial charge on any atom is -0.508 e. The van der Waals surface area contributed by atoms with Crippen molar-refractivity contribution in [1.29, 1.82) is 0 Å². The number of nitrogens with two attached hydrogens (primary N) is 1. The van der Waals surface area contributed by atoms with Crippen LogP contribution in [-0.4, -0.2) is 22.0 Å². The predicted molar refractivity (Wildman–Crippen MR) is 98.0 cm³/mol. The average molecular weight is 332 g/mol. The second kappa shape index (κ2) is 6.22. The second-order valence-corrected chi connectivity index (χ2v) is 6.58. The van der Waals surface area contributed by atoms with E-state index < -0.39 is 0 Å². The first-order valence-corrected chi connectivity index (χ1v) is 8.43. The Bertz CT molecular complexity index is 952. The summed E-state index contributed by atoms with van der Waals surface area (Å²) in [6.07, 6.45) is 0.608. The quantitative estimate of drug-likeness (QED) is 0.775. The molecule has 0 aliphatic carbocycles. The molecule has 3 aromatic rings. The summed E-state index contributed by atoms with van der Waals surface area (Å²) in [5.41, 5.74) is 8.89. The molecule has 1 unspecified atom stereocenters. The lowest BCUT2D eigenvalue weighted by molar-refractivity contribution is -0.124. The van der Waals surface area contributed by atoms with E-state index in [1.165, 1.54) is 11.1 Å². The lowest BCUT2D eigenvalue weighted by Gasteiger charge is -2.35. The third kappa shape index (κ3) is 2.85. The van der Waals surface area contributed by atoms with Crippen molar-refractivity contribution in [3.05, 3.63) is 77.4 Å². The van der Waals surface area contributed by atoms with E-state index >= 15 is 0 Å². The normalized spacial score (nSPS) is 17.4. The molecule has 1 aliphatic heterocycles. The van der Waals surface area contributed by atoms with Gasteiger partial charge in [0.25, 0.3) is 0 Å². The highest BCUT2D eigenvalue weighted by Gasteiger charge is 2.30. The van der Waals surface area contributed by atoms with Gasteiger partial charge in [-0.3, -0.25) is 9.69 Å². The Hall–Kier alpha value is -2.85. The SMILES string of the molecule is NC(=O)C1Cc2ccccc2CN1Cc1c(O)ccc2ccccc12. The molecule has 1 atom stereocenters. The Kier molecular flexibility index (Phi) is 3.90. The Morgan fingerprint density at radius 1 is 1.04 bits per heavy atom. The number of primary amides is 1. The summed E-state index contributed by atoms with van der Waals surface area (Å²) in [7, 11) is 0. The van der Waals surface area contributed by atoms with E-state index in [1.54, 1.807) is 6.07 Å². The van der Waals surface area contributed by atoms with Crippen molar-refractivity contribution in [3.8, 4) is 5.75 Å². The van der Waals surface area contributed by atoms with Crippen LogP contribution in [0.2, 0.25) is 0 Å². The molecule has 1 aliphatic rings. The zero-order chi connectivity index (χ0) is 17.4. The molecule has 4 heteroatoms. The number of hydrogen-bond acceptors (Lipinski definition) is 3. The molecule has 1 amide bonds. The third-order valence-corrected chi connectivity index (χ3v) is 5.05. The molecule has 126 valence electrons. The largest absolute Gasteiger partial charge is 0.508 e. The maximum atomic E-state index is 12.0. The number of carbonyl (C=O) groups excluding carboxylic acids is 1. The average Bonchev–Trinajstić information content (AvgIpc) is 2.63. The van der Waals surface area contributed by atoms with Crippen LogP contribution >= 0.6 is 0 Å². The van der Waals surface area contributed by atoms with Crippen molar-refractivity contribution in [1.82, 2.24) is 4.90 Å². The van der Waals surface area contributed by atoms with Gasteiger partial charge in [-0.15, -0.1) is 0 Å². The number of benzene rings is 3. The second-order valence-electron chi connectivity index (χ2n) is 6.58. The van der Waals surface area contributed by atoms with Gasteiger partial charge in [-0.1, -0.05) is 54.6 Å². The number of amides is 1. The van der Waals surface area contributed by atoms with Crippen LogP contribution in [0.1, 0.15) is 16.7 Å². The number of phenolic OH excluding ortho intramolecular Hbond substituents is 1. The highest BCUT2D eigenvalue weighted by Crippen LogP contribution is 2.31. The molecule has 0 saturated carbocycles. The van der Waals surface area contributed by atoms with E-state index in [9.17, 15) is 9.90 Å². The van der Waals surface area contributed by atoms with Crippen LogP contribution in [-0.2, 0) is 24.3 Å². The summed E-state index contributed by atoms with van der Waals surface area (Å²) in [5, 5.41) is 12.5. The molecule has 3 N–H and O–H groups in total. The summed E-state index contributed by atoms with van der Waals surface area (Å²) in [5.74, 6) is -0.0741. The van der Waals surface area contributed by atoms with Crippen LogP contribution in [0, 0.1) is 0 Å². The first kappa shape index (κ1) is 15.7. The number of phenols is 1. The van der Waals surface area contributed by atoms with Gasteiger partial charge in [0.05, 0.1) is 6.04 Å². The van der Waals surface area contributed by atoms with Gasteiger partial charge in [-0.05, 0) is 34.4 Å². The number of hydrogen-bond donors (Lipinski definition) is 2. The van der Waals surface area contributed by atoms with Crippen LogP contribution in [0.15, 0.2) is 60.7 Å². The predicted octanol–water partition coefficient (Wildman–Crippen LogP) is 2.96. The zero-order valence-corrected chi connectivity index (χ0v) is 13.9. The summed E-state index contributed by atoms with van der Waals surface area (Å²) >= 11 is 0. The van der Waals surface area contributed by atoms with E-state index in [-0.39, 0.29) is 17.7 Å². The van der Waals surface area contributed by atoms with E-state index in [4.69, 9.17) is 5.73 Å². The van der Waals surface area contributed by atoms with Crippen molar-refractivity contribution < 1.29 is 9.90 Å². The fourth-order valence-corrected chi connectivity index (χ4v) is 3.72. The maximum Gasteiger partial charge on any atom is 0.235 e. The molecule has 1 heterocycles. The molecule has 0 radical (unpaired) electrons. The molecular formula is C21H20N2O2. The smallest absolute Gasteiger partial charge is 0.235 e. The number of carbonyl (C=O) groups is 1. The highest BCUT2D eigenvalue weighted by atomic mass is 16.3. The minimum atomic E-state index is -0.367. The molecule has 0 bridgehead atoms. The Balaban J connectivity index is 1.74. The molecule has 0 saturated heterocycles. The summed E-state index contributed by atoms with van der Waals surface area (Å²) in [6, 6.07) is 19.4. The van der Waals surface area contributed by atoms with Crippen LogP contribution in [0.25, 0.3) is 10.8 Å². The van der Waals surface area contributed by atoms with E-state index in [0.29, 0.717) is 19.5 Å². The Morgan fingerprint density at radius 3 is 2.56 bits per heavy atom. The standard InChI is InChI=1S/C21H20N2O2/c22-21(25)19-11-15-6-1-2-7-16(15)12-23(19)13-18-17-8-4-3-5-14(17)9-10-20(18)24/h1-10,19,24H,11-13H2,(H2,22,25).